The zero-order chi connectivity index (χ0) is 13.1. The van der Waals surface area contributed by atoms with E-state index in [1.54, 1.807) is 25.3 Å². The van der Waals surface area contributed by atoms with Crippen LogP contribution in [-0.4, -0.2) is 26.0 Å². The van der Waals surface area contributed by atoms with Crippen molar-refractivity contribution in [3.05, 3.63) is 40.8 Å². The summed E-state index contributed by atoms with van der Waals surface area (Å²) in [6, 6.07) is 4.82. The van der Waals surface area contributed by atoms with Crippen molar-refractivity contribution in [2.45, 2.75) is 17.1 Å². The molecule has 0 spiro atoms. The number of aryl methyl sites for hydroxylation is 1. The molecule has 2 aromatic heterocycles. The Hall–Kier alpha value is -1.66. The summed E-state index contributed by atoms with van der Waals surface area (Å²) in [5, 5.41) is 10.2. The molecule has 0 amide bonds. The molecule has 2 aromatic rings. The third-order valence-corrected chi connectivity index (χ3v) is 3.27. The lowest BCUT2D eigenvalue weighted by Crippen LogP contribution is -2.03. The Labute approximate surface area is 112 Å². The van der Waals surface area contributed by atoms with Gasteiger partial charge < -0.3 is 5.11 Å². The molecular weight excluding hydrogens is 274 g/mol. The van der Waals surface area contributed by atoms with E-state index >= 15 is 0 Å². The van der Waals surface area contributed by atoms with Crippen molar-refractivity contribution < 1.29 is 9.90 Å². The summed E-state index contributed by atoms with van der Waals surface area (Å²) in [5.41, 5.74) is 0.536. The number of pyridine rings is 1. The van der Waals surface area contributed by atoms with Crippen LogP contribution >= 0.6 is 23.4 Å². The Morgan fingerprint density at radius 1 is 1.44 bits per heavy atom. The second kappa shape index (κ2) is 5.32. The molecule has 0 radical (unpaired) electrons. The van der Waals surface area contributed by atoms with Crippen LogP contribution in [0.25, 0.3) is 0 Å². The molecule has 0 saturated carbocycles. The summed E-state index contributed by atoms with van der Waals surface area (Å²) < 4.78 is 0. The molecular formula is C11H8ClN3O2S. The second-order valence-corrected chi connectivity index (χ2v) is 4.74. The van der Waals surface area contributed by atoms with E-state index in [9.17, 15) is 4.79 Å². The molecule has 0 saturated heterocycles. The topological polar surface area (TPSA) is 76.0 Å². The van der Waals surface area contributed by atoms with Crippen molar-refractivity contribution in [1.29, 1.82) is 0 Å². The number of aromatic nitrogens is 3. The van der Waals surface area contributed by atoms with Crippen LogP contribution in [0.4, 0.5) is 0 Å². The largest absolute Gasteiger partial charge is 0.477 e. The number of carboxylic acid groups (broad SMARTS) is 1. The maximum Gasteiger partial charge on any atom is 0.354 e. The number of nitrogens with zero attached hydrogens (tertiary/aromatic N) is 3. The van der Waals surface area contributed by atoms with E-state index in [1.807, 2.05) is 0 Å². The summed E-state index contributed by atoms with van der Waals surface area (Å²) in [6.07, 6.45) is 1.60. The van der Waals surface area contributed by atoms with Gasteiger partial charge in [-0.2, -0.15) is 0 Å². The molecule has 1 N–H and O–H groups in total. The number of carboxylic acids is 1. The molecule has 0 aromatic carbocycles. The van der Waals surface area contributed by atoms with Crippen molar-refractivity contribution in [2.75, 3.05) is 0 Å². The normalized spacial score (nSPS) is 10.3. The van der Waals surface area contributed by atoms with Gasteiger partial charge in [-0.05, 0) is 36.9 Å². The minimum atomic E-state index is -1.09. The van der Waals surface area contributed by atoms with E-state index in [4.69, 9.17) is 16.7 Å². The number of carbonyl (C=O) groups is 1. The quantitative estimate of drug-likeness (QED) is 0.872. The lowest BCUT2D eigenvalue weighted by Gasteiger charge is -2.03. The molecule has 2 rings (SSSR count). The van der Waals surface area contributed by atoms with Crippen LogP contribution in [0.2, 0.25) is 5.02 Å². The summed E-state index contributed by atoms with van der Waals surface area (Å²) >= 11 is 7.09. The summed E-state index contributed by atoms with van der Waals surface area (Å²) in [5.74, 6) is -1.09. The van der Waals surface area contributed by atoms with Gasteiger partial charge in [0.25, 0.3) is 0 Å². The molecule has 7 heteroatoms. The predicted octanol–water partition coefficient (Wildman–Crippen LogP) is 2.68. The lowest BCUT2D eigenvalue weighted by atomic mass is 10.3. The van der Waals surface area contributed by atoms with E-state index in [2.05, 4.69) is 15.0 Å². The average molecular weight is 282 g/mol. The Balaban J connectivity index is 2.35. The molecule has 5 nitrogen and oxygen atoms in total. The highest BCUT2D eigenvalue weighted by molar-refractivity contribution is 7.99. The van der Waals surface area contributed by atoms with Crippen molar-refractivity contribution in [2.24, 2.45) is 0 Å². The van der Waals surface area contributed by atoms with Gasteiger partial charge in [0.15, 0.2) is 10.9 Å². The van der Waals surface area contributed by atoms with E-state index in [-0.39, 0.29) is 5.69 Å². The highest BCUT2D eigenvalue weighted by Crippen LogP contribution is 2.28. The van der Waals surface area contributed by atoms with E-state index in [0.717, 1.165) is 11.8 Å². The van der Waals surface area contributed by atoms with Crippen LogP contribution in [0.1, 0.15) is 16.2 Å². The maximum atomic E-state index is 10.9. The molecule has 18 heavy (non-hydrogen) atoms. The third-order valence-electron chi connectivity index (χ3n) is 1.97. The standard InChI is InChI=1S/C11H8ClN3O2S/c1-6-5-8(10(16)17)15-11(14-6)18-9-7(12)3-2-4-13-9/h2-5H,1H3,(H,16,17). The first-order chi connectivity index (χ1) is 8.56. The summed E-state index contributed by atoms with van der Waals surface area (Å²) in [4.78, 5) is 23.0. The number of aromatic carboxylic acids is 1. The van der Waals surface area contributed by atoms with Crippen molar-refractivity contribution in [1.82, 2.24) is 15.0 Å². The molecule has 0 aliphatic rings. The van der Waals surface area contributed by atoms with Crippen LogP contribution in [0.15, 0.2) is 34.6 Å². The van der Waals surface area contributed by atoms with Gasteiger partial charge >= 0.3 is 5.97 Å². The minimum Gasteiger partial charge on any atom is -0.477 e. The van der Waals surface area contributed by atoms with E-state index in [1.165, 1.54) is 6.07 Å². The van der Waals surface area contributed by atoms with Gasteiger partial charge in [0.05, 0.1) is 5.02 Å². The van der Waals surface area contributed by atoms with Crippen LogP contribution in [0, 0.1) is 6.92 Å². The molecule has 92 valence electrons. The fourth-order valence-electron chi connectivity index (χ4n) is 1.23. The smallest absolute Gasteiger partial charge is 0.354 e. The molecule has 0 aliphatic heterocycles. The fraction of sp³-hybridized carbons (Fsp3) is 0.0909. The SMILES string of the molecule is Cc1cc(C(=O)O)nc(Sc2ncccc2Cl)n1. The van der Waals surface area contributed by atoms with Gasteiger partial charge in [0.1, 0.15) is 5.03 Å². The fourth-order valence-corrected chi connectivity index (χ4v) is 2.25. The first kappa shape index (κ1) is 12.8. The number of hydrogen-bond donors (Lipinski definition) is 1. The van der Waals surface area contributed by atoms with Gasteiger partial charge in [-0.15, -0.1) is 0 Å². The van der Waals surface area contributed by atoms with Crippen LogP contribution < -0.4 is 0 Å². The minimum absolute atomic E-state index is 0.0444. The monoisotopic (exact) mass is 281 g/mol. The van der Waals surface area contributed by atoms with Crippen molar-refractivity contribution in [3.63, 3.8) is 0 Å². The third kappa shape index (κ3) is 2.96. The molecule has 0 bridgehead atoms. The van der Waals surface area contributed by atoms with Crippen molar-refractivity contribution >= 4 is 29.3 Å². The predicted molar refractivity (Wildman–Crippen MR) is 67.1 cm³/mol. The Bertz CT molecular complexity index is 607. The number of hydrogen-bond acceptors (Lipinski definition) is 5. The van der Waals surface area contributed by atoms with Crippen molar-refractivity contribution in [3.8, 4) is 0 Å². The van der Waals surface area contributed by atoms with Crippen LogP contribution in [0.5, 0.6) is 0 Å². The van der Waals surface area contributed by atoms with Gasteiger partial charge in [-0.3, -0.25) is 0 Å². The first-order valence-electron chi connectivity index (χ1n) is 4.93. The lowest BCUT2D eigenvalue weighted by molar-refractivity contribution is 0.0689. The van der Waals surface area contributed by atoms with Gasteiger partial charge in [0.2, 0.25) is 0 Å². The van der Waals surface area contributed by atoms with Crippen LogP contribution in [-0.2, 0) is 0 Å². The van der Waals surface area contributed by atoms with E-state index < -0.39 is 5.97 Å². The summed E-state index contributed by atoms with van der Waals surface area (Å²) in [7, 11) is 0. The van der Waals surface area contributed by atoms with Gasteiger partial charge in [0, 0.05) is 11.9 Å². The molecule has 2 heterocycles. The highest BCUT2D eigenvalue weighted by Gasteiger charge is 2.11. The second-order valence-electron chi connectivity index (χ2n) is 3.37. The number of halogens is 1. The average Bonchev–Trinajstić information content (AvgIpc) is 2.31. The molecule has 0 fully saturated rings. The van der Waals surface area contributed by atoms with Gasteiger partial charge in [-0.1, -0.05) is 11.6 Å². The molecule has 0 atom stereocenters. The maximum absolute atomic E-state index is 10.9. The van der Waals surface area contributed by atoms with Crippen LogP contribution in [0.3, 0.4) is 0 Å². The Morgan fingerprint density at radius 3 is 2.89 bits per heavy atom. The zero-order valence-corrected chi connectivity index (χ0v) is 10.9. The first-order valence-corrected chi connectivity index (χ1v) is 6.13. The summed E-state index contributed by atoms with van der Waals surface area (Å²) in [6.45, 7) is 1.71. The Kier molecular flexibility index (Phi) is 3.78. The molecule has 0 unspecified atom stereocenters. The Morgan fingerprint density at radius 2 is 2.22 bits per heavy atom. The zero-order valence-electron chi connectivity index (χ0n) is 9.29. The number of rotatable bonds is 3. The molecule has 0 aliphatic carbocycles. The van der Waals surface area contributed by atoms with E-state index in [0.29, 0.717) is 20.9 Å². The van der Waals surface area contributed by atoms with Gasteiger partial charge in [-0.25, -0.2) is 19.7 Å². The highest BCUT2D eigenvalue weighted by atomic mass is 35.5.